The molecule has 1 aliphatic heterocycles. The third-order valence-corrected chi connectivity index (χ3v) is 10.2. The Balaban J connectivity index is 1.02. The van der Waals surface area contributed by atoms with Gasteiger partial charge in [0.25, 0.3) is 0 Å². The summed E-state index contributed by atoms with van der Waals surface area (Å²) in [5, 5.41) is 25.7. The van der Waals surface area contributed by atoms with Gasteiger partial charge in [0.05, 0.1) is 24.3 Å². The van der Waals surface area contributed by atoms with Crippen LogP contribution < -0.4 is 32.3 Å². The van der Waals surface area contributed by atoms with Crippen molar-refractivity contribution in [1.82, 2.24) is 45.8 Å². The second-order valence-corrected chi connectivity index (χ2v) is 15.4. The molecule has 2 fully saturated rings. The molecule has 1 saturated heterocycles. The van der Waals surface area contributed by atoms with Gasteiger partial charge in [-0.15, -0.1) is 5.10 Å². The molecule has 0 bridgehead atoms. The van der Waals surface area contributed by atoms with Gasteiger partial charge in [-0.05, 0) is 76.7 Å². The SMILES string of the molecule is N[C@@H](CCC(=O)N1CCC(Nc2nc(NCc3cn(CCCNCCCNC4CCCCC4)nn3)nc3ccccc23)CC1)C(=O)NCP(=O)(O)O. The van der Waals surface area contributed by atoms with Crippen LogP contribution in [-0.4, -0.2) is 109 Å². The second kappa shape index (κ2) is 19.9. The number of hydrogen-bond acceptors (Lipinski definition) is 12. The third kappa shape index (κ3) is 13.0. The van der Waals surface area contributed by atoms with Crippen LogP contribution in [0.3, 0.4) is 0 Å². The number of nitrogens with two attached hydrogens (primary N) is 1. The van der Waals surface area contributed by atoms with E-state index in [4.69, 9.17) is 25.5 Å². The Morgan fingerprint density at radius 3 is 2.54 bits per heavy atom. The molecule has 1 saturated carbocycles. The second-order valence-electron chi connectivity index (χ2n) is 13.8. The molecule has 0 unspecified atom stereocenters. The minimum absolute atomic E-state index is 0.0670. The molecule has 3 aromatic rings. The standard InChI is InChI=1S/C34H55N12O5P/c35-29(33(48)39-24-52(49,50)51)12-13-31(47)45-20-14-26(15-21-45)40-32-28-10-4-5-11-30(28)41-34(42-32)38-22-27-23-46(44-43-27)19-7-17-36-16-6-18-37-25-8-2-1-3-9-25/h4-5,10-11,23,25-26,29,36-37H,1-3,6-9,12-22,24,35H2,(H,39,48)(H2,49,50,51)(H2,38,40,41,42)/t29-/m0/s1. The maximum atomic E-state index is 12.8. The lowest BCUT2D eigenvalue weighted by Gasteiger charge is -2.33. The van der Waals surface area contributed by atoms with Crippen molar-refractivity contribution in [3.8, 4) is 0 Å². The third-order valence-electron chi connectivity index (χ3n) is 9.58. The minimum atomic E-state index is -4.38. The van der Waals surface area contributed by atoms with Crippen LogP contribution in [0.5, 0.6) is 0 Å². The highest BCUT2D eigenvalue weighted by atomic mass is 31.2. The van der Waals surface area contributed by atoms with Gasteiger partial charge in [0.2, 0.25) is 17.8 Å². The van der Waals surface area contributed by atoms with Crippen molar-refractivity contribution >= 4 is 42.1 Å². The molecular formula is C34H55N12O5P. The van der Waals surface area contributed by atoms with Crippen LogP contribution in [0.25, 0.3) is 10.9 Å². The summed E-state index contributed by atoms with van der Waals surface area (Å²) in [6.07, 6.45) is 11.6. The van der Waals surface area contributed by atoms with Crippen molar-refractivity contribution in [3.05, 3.63) is 36.2 Å². The summed E-state index contributed by atoms with van der Waals surface area (Å²) in [6.45, 7) is 5.32. The molecule has 1 aliphatic carbocycles. The number of rotatable bonds is 20. The highest BCUT2D eigenvalue weighted by molar-refractivity contribution is 7.51. The van der Waals surface area contributed by atoms with E-state index in [1.807, 2.05) is 35.1 Å². The molecule has 0 radical (unpaired) electrons. The van der Waals surface area contributed by atoms with Crippen LogP contribution >= 0.6 is 7.60 Å². The van der Waals surface area contributed by atoms with E-state index < -0.39 is 25.8 Å². The van der Waals surface area contributed by atoms with E-state index in [0.717, 1.165) is 61.7 Å². The zero-order valence-electron chi connectivity index (χ0n) is 29.9. The Morgan fingerprint density at radius 2 is 1.75 bits per heavy atom. The topological polar surface area (TPSA) is 238 Å². The van der Waals surface area contributed by atoms with Crippen molar-refractivity contribution in [3.63, 3.8) is 0 Å². The van der Waals surface area contributed by atoms with Gasteiger partial charge in [-0.1, -0.05) is 36.6 Å². The van der Waals surface area contributed by atoms with Gasteiger partial charge in [-0.25, -0.2) is 4.98 Å². The number of carbonyl (C=O) groups is 2. The number of aromatic nitrogens is 5. The first-order chi connectivity index (χ1) is 25.1. The quantitative estimate of drug-likeness (QED) is 0.0610. The number of para-hydroxylation sites is 1. The number of carbonyl (C=O) groups excluding carboxylic acids is 2. The molecule has 9 N–H and O–H groups in total. The van der Waals surface area contributed by atoms with Gasteiger partial charge in [0, 0.05) is 43.5 Å². The maximum Gasteiger partial charge on any atom is 0.344 e. The summed E-state index contributed by atoms with van der Waals surface area (Å²) in [5.74, 6) is 0.383. The lowest BCUT2D eigenvalue weighted by molar-refractivity contribution is -0.132. The average molecular weight is 743 g/mol. The van der Waals surface area contributed by atoms with E-state index in [2.05, 4.69) is 36.9 Å². The number of amides is 2. The minimum Gasteiger partial charge on any atom is -0.367 e. The molecule has 0 spiro atoms. The fourth-order valence-electron chi connectivity index (χ4n) is 6.63. The smallest absolute Gasteiger partial charge is 0.344 e. The monoisotopic (exact) mass is 742 g/mol. The predicted octanol–water partition coefficient (Wildman–Crippen LogP) is 1.89. The first-order valence-corrected chi connectivity index (χ1v) is 20.4. The van der Waals surface area contributed by atoms with Crippen molar-refractivity contribution in [2.24, 2.45) is 5.73 Å². The van der Waals surface area contributed by atoms with Gasteiger partial charge in [0.15, 0.2) is 0 Å². The zero-order valence-corrected chi connectivity index (χ0v) is 30.8. The summed E-state index contributed by atoms with van der Waals surface area (Å²) in [6, 6.07) is 7.59. The van der Waals surface area contributed by atoms with Crippen LogP contribution in [0.4, 0.5) is 11.8 Å². The van der Waals surface area contributed by atoms with Gasteiger partial charge in [0.1, 0.15) is 17.8 Å². The Bertz CT molecular complexity index is 1620. The summed E-state index contributed by atoms with van der Waals surface area (Å²) >= 11 is 0. The van der Waals surface area contributed by atoms with Crippen LogP contribution in [0.2, 0.25) is 0 Å². The number of benzene rings is 1. The first kappa shape index (κ1) is 39.5. The molecule has 1 atom stereocenters. The van der Waals surface area contributed by atoms with Crippen LogP contribution in [0.1, 0.15) is 76.3 Å². The molecule has 2 amide bonds. The van der Waals surface area contributed by atoms with E-state index >= 15 is 0 Å². The summed E-state index contributed by atoms with van der Waals surface area (Å²) in [5.41, 5.74) is 7.43. The molecule has 1 aromatic carbocycles. The van der Waals surface area contributed by atoms with E-state index in [-0.39, 0.29) is 24.8 Å². The van der Waals surface area contributed by atoms with E-state index in [0.29, 0.717) is 44.2 Å². The van der Waals surface area contributed by atoms with E-state index in [9.17, 15) is 14.2 Å². The van der Waals surface area contributed by atoms with E-state index in [1.165, 1.54) is 32.1 Å². The van der Waals surface area contributed by atoms with Gasteiger partial charge in [-0.2, -0.15) is 4.98 Å². The van der Waals surface area contributed by atoms with E-state index in [1.54, 1.807) is 4.90 Å². The van der Waals surface area contributed by atoms with Crippen LogP contribution in [0.15, 0.2) is 30.5 Å². The van der Waals surface area contributed by atoms with Crippen molar-refractivity contribution in [2.45, 2.75) is 102 Å². The summed E-state index contributed by atoms with van der Waals surface area (Å²) in [7, 11) is -4.38. The number of likely N-dealkylation sites (tertiary alicyclic amines) is 1. The average Bonchev–Trinajstić information content (AvgIpc) is 3.61. The normalized spacial score (nSPS) is 16.6. The molecule has 17 nitrogen and oxygen atoms in total. The summed E-state index contributed by atoms with van der Waals surface area (Å²) in [4.78, 5) is 53.9. The number of nitrogens with one attached hydrogen (secondary N) is 5. The molecule has 5 rings (SSSR count). The number of anilines is 2. The highest BCUT2D eigenvalue weighted by Crippen LogP contribution is 2.32. The number of piperidine rings is 1. The Hall–Kier alpha value is -3.73. The molecule has 2 aliphatic rings. The van der Waals surface area contributed by atoms with Gasteiger partial charge < -0.3 is 47.0 Å². The molecule has 286 valence electrons. The van der Waals surface area contributed by atoms with Crippen molar-refractivity contribution in [2.75, 3.05) is 49.6 Å². The molecule has 2 aromatic heterocycles. The predicted molar refractivity (Wildman–Crippen MR) is 199 cm³/mol. The Morgan fingerprint density at radius 1 is 0.981 bits per heavy atom. The molecular weight excluding hydrogens is 687 g/mol. The van der Waals surface area contributed by atoms with Crippen molar-refractivity contribution in [1.29, 1.82) is 0 Å². The Kier molecular flexibility index (Phi) is 15.1. The van der Waals surface area contributed by atoms with Crippen LogP contribution in [0, 0.1) is 0 Å². The van der Waals surface area contributed by atoms with Gasteiger partial charge >= 0.3 is 7.60 Å². The number of fused-ring (bicyclic) bond motifs is 1. The first-order valence-electron chi connectivity index (χ1n) is 18.6. The molecule has 18 heteroatoms. The fourth-order valence-corrected chi connectivity index (χ4v) is 6.99. The maximum absolute atomic E-state index is 12.8. The fraction of sp³-hybridized carbons (Fsp3) is 0.647. The Labute approximate surface area is 304 Å². The number of aryl methyl sites for hydroxylation is 1. The highest BCUT2D eigenvalue weighted by Gasteiger charge is 2.25. The number of nitrogens with zero attached hydrogens (tertiary/aromatic N) is 6. The van der Waals surface area contributed by atoms with Crippen molar-refractivity contribution < 1.29 is 23.9 Å². The summed E-state index contributed by atoms with van der Waals surface area (Å²) < 4.78 is 12.8. The van der Waals surface area contributed by atoms with Crippen LogP contribution in [-0.2, 0) is 27.2 Å². The van der Waals surface area contributed by atoms with Gasteiger partial charge in [-0.3, -0.25) is 18.8 Å². The largest absolute Gasteiger partial charge is 0.367 e. The lowest BCUT2D eigenvalue weighted by atomic mass is 9.95. The molecule has 3 heterocycles. The number of hydrogen-bond donors (Lipinski definition) is 8. The molecule has 52 heavy (non-hydrogen) atoms. The zero-order chi connectivity index (χ0) is 36.8. The lowest BCUT2D eigenvalue weighted by Crippen LogP contribution is -2.44.